The molecule has 0 aliphatic carbocycles. The zero-order valence-corrected chi connectivity index (χ0v) is 13.4. The molecule has 118 valence electrons. The highest BCUT2D eigenvalue weighted by atomic mass is 32.2. The molecule has 1 aromatic rings. The van der Waals surface area contributed by atoms with Gasteiger partial charge in [0.15, 0.2) is 4.90 Å². The SMILES string of the molecule is C[C@H]1CCCN(S(=O)(=O)c2cn(C)c(=O)n(C)c2=O)CC1. The Morgan fingerprint density at radius 1 is 1.14 bits per heavy atom. The third-order valence-electron chi connectivity index (χ3n) is 4.01. The quantitative estimate of drug-likeness (QED) is 0.763. The van der Waals surface area contributed by atoms with Crippen molar-refractivity contribution in [1.82, 2.24) is 13.4 Å². The van der Waals surface area contributed by atoms with Crippen molar-refractivity contribution < 1.29 is 8.42 Å². The molecule has 0 radical (unpaired) electrons. The van der Waals surface area contributed by atoms with Gasteiger partial charge in [-0.15, -0.1) is 0 Å². The van der Waals surface area contributed by atoms with E-state index in [9.17, 15) is 18.0 Å². The second-order valence-electron chi connectivity index (χ2n) is 5.69. The Hall–Kier alpha value is -1.41. The minimum Gasteiger partial charge on any atom is -0.302 e. The predicted octanol–water partition coefficient (Wildman–Crippen LogP) is -0.105. The average Bonchev–Trinajstić information content (AvgIpc) is 2.65. The summed E-state index contributed by atoms with van der Waals surface area (Å²) >= 11 is 0. The Bertz CT molecular complexity index is 748. The van der Waals surface area contributed by atoms with Gasteiger partial charge in [-0.1, -0.05) is 6.92 Å². The molecule has 1 aliphatic heterocycles. The largest absolute Gasteiger partial charge is 0.330 e. The number of hydrogen-bond donors (Lipinski definition) is 0. The van der Waals surface area contributed by atoms with E-state index in [1.54, 1.807) is 0 Å². The fraction of sp³-hybridized carbons (Fsp3) is 0.692. The van der Waals surface area contributed by atoms with Crippen LogP contribution in [-0.2, 0) is 24.1 Å². The lowest BCUT2D eigenvalue weighted by atomic mass is 10.0. The van der Waals surface area contributed by atoms with Gasteiger partial charge < -0.3 is 4.57 Å². The number of hydrogen-bond acceptors (Lipinski definition) is 4. The van der Waals surface area contributed by atoms with E-state index in [1.165, 1.54) is 18.4 Å². The molecule has 8 heteroatoms. The molecule has 0 spiro atoms. The normalized spacial score (nSPS) is 21.2. The van der Waals surface area contributed by atoms with Crippen molar-refractivity contribution in [3.05, 3.63) is 27.0 Å². The van der Waals surface area contributed by atoms with Gasteiger partial charge in [0.05, 0.1) is 0 Å². The van der Waals surface area contributed by atoms with Crippen molar-refractivity contribution in [1.29, 1.82) is 0 Å². The van der Waals surface area contributed by atoms with E-state index in [0.717, 1.165) is 34.6 Å². The summed E-state index contributed by atoms with van der Waals surface area (Å²) in [6.07, 6.45) is 3.67. The van der Waals surface area contributed by atoms with Crippen LogP contribution in [-0.4, -0.2) is 34.9 Å². The number of aromatic nitrogens is 2. The molecule has 0 bridgehead atoms. The number of aryl methyl sites for hydroxylation is 1. The van der Waals surface area contributed by atoms with Gasteiger partial charge >= 0.3 is 5.69 Å². The van der Waals surface area contributed by atoms with E-state index in [2.05, 4.69) is 6.92 Å². The molecule has 0 N–H and O–H groups in total. The first-order valence-corrected chi connectivity index (χ1v) is 8.46. The second-order valence-corrected chi connectivity index (χ2v) is 7.60. The molecular formula is C13H21N3O4S. The standard InChI is InChI=1S/C13H21N3O4S/c1-10-5-4-7-16(8-6-10)21(19,20)11-9-14(2)13(18)15(3)12(11)17/h9-10H,4-8H2,1-3H3/t10-/m0/s1. The van der Waals surface area contributed by atoms with E-state index in [1.807, 2.05) is 0 Å². The van der Waals surface area contributed by atoms with Crippen LogP contribution in [0.15, 0.2) is 20.7 Å². The summed E-state index contributed by atoms with van der Waals surface area (Å²) in [4.78, 5) is 23.5. The third-order valence-corrected chi connectivity index (χ3v) is 5.89. The van der Waals surface area contributed by atoms with Crippen molar-refractivity contribution in [2.75, 3.05) is 13.1 Å². The first-order valence-electron chi connectivity index (χ1n) is 7.02. The Labute approximate surface area is 123 Å². The molecule has 0 unspecified atom stereocenters. The highest BCUT2D eigenvalue weighted by Crippen LogP contribution is 2.21. The maximum atomic E-state index is 12.7. The Morgan fingerprint density at radius 2 is 1.81 bits per heavy atom. The molecule has 1 atom stereocenters. The van der Waals surface area contributed by atoms with Gasteiger partial charge in [0, 0.05) is 33.4 Å². The molecule has 2 heterocycles. The van der Waals surface area contributed by atoms with Crippen LogP contribution in [0.5, 0.6) is 0 Å². The van der Waals surface area contributed by atoms with Crippen LogP contribution in [0.25, 0.3) is 0 Å². The zero-order chi connectivity index (χ0) is 15.8. The molecule has 7 nitrogen and oxygen atoms in total. The molecule has 2 rings (SSSR count). The molecule has 1 fully saturated rings. The highest BCUT2D eigenvalue weighted by Gasteiger charge is 2.30. The van der Waals surface area contributed by atoms with Gasteiger partial charge in [0.1, 0.15) is 0 Å². The van der Waals surface area contributed by atoms with Crippen molar-refractivity contribution in [3.63, 3.8) is 0 Å². The maximum absolute atomic E-state index is 12.7. The van der Waals surface area contributed by atoms with Gasteiger partial charge in [0.25, 0.3) is 5.56 Å². The van der Waals surface area contributed by atoms with Gasteiger partial charge in [-0.3, -0.25) is 9.36 Å². The van der Waals surface area contributed by atoms with Crippen molar-refractivity contribution in [2.24, 2.45) is 20.0 Å². The van der Waals surface area contributed by atoms with E-state index < -0.39 is 21.3 Å². The summed E-state index contributed by atoms with van der Waals surface area (Å²) in [6.45, 7) is 2.93. The smallest absolute Gasteiger partial charge is 0.302 e. The summed E-state index contributed by atoms with van der Waals surface area (Å²) in [5.41, 5.74) is -1.31. The topological polar surface area (TPSA) is 81.4 Å². The molecule has 21 heavy (non-hydrogen) atoms. The molecule has 1 aromatic heterocycles. The van der Waals surface area contributed by atoms with E-state index in [4.69, 9.17) is 0 Å². The number of nitrogens with zero attached hydrogens (tertiary/aromatic N) is 3. The fourth-order valence-electron chi connectivity index (χ4n) is 2.57. The summed E-state index contributed by atoms with van der Waals surface area (Å²) in [6, 6.07) is 0. The van der Waals surface area contributed by atoms with Crippen LogP contribution in [0.3, 0.4) is 0 Å². The molecular weight excluding hydrogens is 294 g/mol. The molecule has 0 amide bonds. The lowest BCUT2D eigenvalue weighted by molar-refractivity contribution is 0.414. The van der Waals surface area contributed by atoms with Crippen LogP contribution < -0.4 is 11.2 Å². The summed E-state index contributed by atoms with van der Waals surface area (Å²) < 4.78 is 28.7. The van der Waals surface area contributed by atoms with Gasteiger partial charge in [-0.2, -0.15) is 4.31 Å². The van der Waals surface area contributed by atoms with Gasteiger partial charge in [0.2, 0.25) is 10.0 Å². The maximum Gasteiger partial charge on any atom is 0.330 e. The molecule has 0 aromatic carbocycles. The van der Waals surface area contributed by atoms with Crippen LogP contribution in [0.4, 0.5) is 0 Å². The summed E-state index contributed by atoms with van der Waals surface area (Å²) in [7, 11) is -1.14. The van der Waals surface area contributed by atoms with Gasteiger partial charge in [-0.25, -0.2) is 13.2 Å². The molecule has 1 saturated heterocycles. The molecule has 1 aliphatic rings. The number of sulfonamides is 1. The van der Waals surface area contributed by atoms with Gasteiger partial charge in [-0.05, 0) is 25.2 Å². The zero-order valence-electron chi connectivity index (χ0n) is 12.6. The summed E-state index contributed by atoms with van der Waals surface area (Å²) in [5.74, 6) is 0.480. The van der Waals surface area contributed by atoms with Crippen LogP contribution >= 0.6 is 0 Å². The first-order chi connectivity index (χ1) is 9.75. The van der Waals surface area contributed by atoms with Crippen LogP contribution in [0.1, 0.15) is 26.2 Å². The van der Waals surface area contributed by atoms with E-state index >= 15 is 0 Å². The molecule has 0 saturated carbocycles. The van der Waals surface area contributed by atoms with Crippen LogP contribution in [0, 0.1) is 5.92 Å². The first kappa shape index (κ1) is 16.0. The van der Waals surface area contributed by atoms with Crippen molar-refractivity contribution in [3.8, 4) is 0 Å². The lowest BCUT2D eigenvalue weighted by Crippen LogP contribution is -2.43. The Morgan fingerprint density at radius 3 is 2.48 bits per heavy atom. The minimum atomic E-state index is -3.86. The van der Waals surface area contributed by atoms with Crippen LogP contribution in [0.2, 0.25) is 0 Å². The highest BCUT2D eigenvalue weighted by molar-refractivity contribution is 7.89. The Balaban J connectivity index is 2.50. The third kappa shape index (κ3) is 2.96. The van der Waals surface area contributed by atoms with E-state index in [-0.39, 0.29) is 4.90 Å². The van der Waals surface area contributed by atoms with Crippen molar-refractivity contribution in [2.45, 2.75) is 31.1 Å². The van der Waals surface area contributed by atoms with Crippen molar-refractivity contribution >= 4 is 10.0 Å². The lowest BCUT2D eigenvalue weighted by Gasteiger charge is -2.20. The second kappa shape index (κ2) is 5.76. The fourth-order valence-corrected chi connectivity index (χ4v) is 4.21. The number of rotatable bonds is 2. The average molecular weight is 315 g/mol. The Kier molecular flexibility index (Phi) is 4.38. The predicted molar refractivity (Wildman–Crippen MR) is 78.7 cm³/mol. The van der Waals surface area contributed by atoms with E-state index in [0.29, 0.717) is 19.0 Å². The minimum absolute atomic E-state index is 0.332. The monoisotopic (exact) mass is 315 g/mol. The summed E-state index contributed by atoms with van der Waals surface area (Å²) in [5, 5.41) is 0.